The summed E-state index contributed by atoms with van der Waals surface area (Å²) in [5.41, 5.74) is 5.12. The Labute approximate surface area is 112 Å². The van der Waals surface area contributed by atoms with Gasteiger partial charge in [-0.15, -0.1) is 0 Å². The molecule has 0 fully saturated rings. The Kier molecular flexibility index (Phi) is 2.88. The second-order valence-corrected chi connectivity index (χ2v) is 4.52. The Morgan fingerprint density at radius 2 is 1.95 bits per heavy atom. The van der Waals surface area contributed by atoms with Crippen LogP contribution >= 0.6 is 0 Å². The predicted octanol–water partition coefficient (Wildman–Crippen LogP) is 4.05. The molecular formula is C16H15N3. The molecule has 0 amide bonds. The van der Waals surface area contributed by atoms with Crippen molar-refractivity contribution in [3.63, 3.8) is 0 Å². The number of nitrogens with zero attached hydrogens (tertiary/aromatic N) is 2. The summed E-state index contributed by atoms with van der Waals surface area (Å²) in [5.74, 6) is 0.884. The largest absolute Gasteiger partial charge is 0.337 e. The molecule has 0 unspecified atom stereocenters. The number of imidazole rings is 1. The molecule has 2 heterocycles. The van der Waals surface area contributed by atoms with Crippen LogP contribution < -0.4 is 0 Å². The summed E-state index contributed by atoms with van der Waals surface area (Å²) in [6.07, 6.45) is 3.91. The summed E-state index contributed by atoms with van der Waals surface area (Å²) in [4.78, 5) is 12.2. The fraction of sp³-hybridized carbons (Fsp3) is 0.125. The highest BCUT2D eigenvalue weighted by atomic mass is 15.0. The third kappa shape index (κ3) is 2.15. The number of hydrogen-bond acceptors (Lipinski definition) is 2. The molecule has 0 atom stereocenters. The number of aromatic amines is 1. The van der Waals surface area contributed by atoms with Crippen molar-refractivity contribution in [1.82, 2.24) is 15.0 Å². The zero-order valence-electron chi connectivity index (χ0n) is 11.0. The molecule has 0 aliphatic rings. The standard InChI is InChI=1S/C16H15N3/c1-3-11(2)15-18-14-9-13(10-17-16(14)19-15)12-7-5-4-6-8-12/h3-10H,1-2H3,(H,17,18,19)/b11-3+. The summed E-state index contributed by atoms with van der Waals surface area (Å²) in [7, 11) is 0. The fourth-order valence-corrected chi connectivity index (χ4v) is 2.01. The molecule has 2 aromatic heterocycles. The van der Waals surface area contributed by atoms with E-state index in [0.29, 0.717) is 0 Å². The van der Waals surface area contributed by atoms with Crippen molar-refractivity contribution >= 4 is 16.7 Å². The van der Waals surface area contributed by atoms with Gasteiger partial charge in [-0.1, -0.05) is 36.4 Å². The van der Waals surface area contributed by atoms with Crippen molar-refractivity contribution in [3.8, 4) is 11.1 Å². The van der Waals surface area contributed by atoms with Crippen LogP contribution in [0.5, 0.6) is 0 Å². The van der Waals surface area contributed by atoms with Gasteiger partial charge >= 0.3 is 0 Å². The molecule has 94 valence electrons. The van der Waals surface area contributed by atoms with Gasteiger partial charge in [0.15, 0.2) is 5.65 Å². The molecule has 3 heteroatoms. The molecule has 0 aliphatic heterocycles. The van der Waals surface area contributed by atoms with Crippen molar-refractivity contribution in [2.24, 2.45) is 0 Å². The van der Waals surface area contributed by atoms with Crippen LogP contribution in [0.3, 0.4) is 0 Å². The maximum absolute atomic E-state index is 4.48. The van der Waals surface area contributed by atoms with Crippen LogP contribution in [0, 0.1) is 0 Å². The van der Waals surface area contributed by atoms with Crippen molar-refractivity contribution in [2.45, 2.75) is 13.8 Å². The van der Waals surface area contributed by atoms with Crippen molar-refractivity contribution in [1.29, 1.82) is 0 Å². The molecule has 3 nitrogen and oxygen atoms in total. The Bertz CT molecular complexity index is 739. The topological polar surface area (TPSA) is 41.6 Å². The number of H-pyrrole nitrogens is 1. The molecule has 0 spiro atoms. The van der Waals surface area contributed by atoms with Gasteiger partial charge in [0.05, 0.1) is 5.52 Å². The Morgan fingerprint density at radius 3 is 2.68 bits per heavy atom. The normalized spacial score (nSPS) is 12.0. The predicted molar refractivity (Wildman–Crippen MR) is 78.6 cm³/mol. The van der Waals surface area contributed by atoms with E-state index in [-0.39, 0.29) is 0 Å². The van der Waals surface area contributed by atoms with Gasteiger partial charge in [0, 0.05) is 11.8 Å². The van der Waals surface area contributed by atoms with Gasteiger partial charge < -0.3 is 4.98 Å². The smallest absolute Gasteiger partial charge is 0.178 e. The van der Waals surface area contributed by atoms with Crippen LogP contribution in [0.2, 0.25) is 0 Å². The summed E-state index contributed by atoms with van der Waals surface area (Å²) in [6, 6.07) is 12.3. The van der Waals surface area contributed by atoms with Gasteiger partial charge in [-0.25, -0.2) is 9.97 Å². The van der Waals surface area contributed by atoms with Gasteiger partial charge in [0.25, 0.3) is 0 Å². The van der Waals surface area contributed by atoms with Crippen LogP contribution in [-0.4, -0.2) is 15.0 Å². The lowest BCUT2D eigenvalue weighted by atomic mass is 10.1. The SMILES string of the molecule is C/C=C(\C)c1nc2ncc(-c3ccccc3)cc2[nH]1. The van der Waals surface area contributed by atoms with Crippen molar-refractivity contribution in [2.75, 3.05) is 0 Å². The molecule has 0 saturated carbocycles. The van der Waals surface area contributed by atoms with E-state index in [4.69, 9.17) is 0 Å². The van der Waals surface area contributed by atoms with Gasteiger partial charge in [-0.05, 0) is 31.1 Å². The second-order valence-electron chi connectivity index (χ2n) is 4.52. The van der Waals surface area contributed by atoms with E-state index in [9.17, 15) is 0 Å². The number of fused-ring (bicyclic) bond motifs is 1. The van der Waals surface area contributed by atoms with E-state index in [0.717, 1.165) is 33.7 Å². The zero-order chi connectivity index (χ0) is 13.2. The highest BCUT2D eigenvalue weighted by molar-refractivity contribution is 5.80. The van der Waals surface area contributed by atoms with Gasteiger partial charge in [-0.3, -0.25) is 0 Å². The average Bonchev–Trinajstić information content (AvgIpc) is 2.90. The van der Waals surface area contributed by atoms with E-state index < -0.39 is 0 Å². The number of nitrogens with one attached hydrogen (secondary N) is 1. The number of pyridine rings is 1. The molecule has 0 bridgehead atoms. The Hall–Kier alpha value is -2.42. The van der Waals surface area contributed by atoms with Crippen LogP contribution in [0.25, 0.3) is 27.9 Å². The fourth-order valence-electron chi connectivity index (χ4n) is 2.01. The molecule has 3 rings (SSSR count). The minimum Gasteiger partial charge on any atom is -0.337 e. The molecular weight excluding hydrogens is 234 g/mol. The molecule has 3 aromatic rings. The first-order chi connectivity index (χ1) is 9.28. The highest BCUT2D eigenvalue weighted by Crippen LogP contribution is 2.22. The molecule has 1 N–H and O–H groups in total. The summed E-state index contributed by atoms with van der Waals surface area (Å²) >= 11 is 0. The number of rotatable bonds is 2. The van der Waals surface area contributed by atoms with Gasteiger partial charge in [-0.2, -0.15) is 0 Å². The summed E-state index contributed by atoms with van der Waals surface area (Å²) < 4.78 is 0. The molecule has 0 radical (unpaired) electrons. The van der Waals surface area contributed by atoms with E-state index in [2.05, 4.69) is 33.2 Å². The number of aromatic nitrogens is 3. The number of hydrogen-bond donors (Lipinski definition) is 1. The third-order valence-corrected chi connectivity index (χ3v) is 3.25. The van der Waals surface area contributed by atoms with Gasteiger partial charge in [0.2, 0.25) is 0 Å². The lowest BCUT2D eigenvalue weighted by Gasteiger charge is -1.99. The minimum absolute atomic E-state index is 0.760. The highest BCUT2D eigenvalue weighted by Gasteiger charge is 2.06. The second kappa shape index (κ2) is 4.69. The van der Waals surface area contributed by atoms with Crippen LogP contribution in [0.4, 0.5) is 0 Å². The molecule has 0 aliphatic carbocycles. The Balaban J connectivity index is 2.11. The first-order valence-electron chi connectivity index (χ1n) is 6.32. The monoisotopic (exact) mass is 249 g/mol. The lowest BCUT2D eigenvalue weighted by molar-refractivity contribution is 1.23. The van der Waals surface area contributed by atoms with Crippen molar-refractivity contribution < 1.29 is 0 Å². The first-order valence-corrected chi connectivity index (χ1v) is 6.32. The van der Waals surface area contributed by atoms with E-state index in [1.54, 1.807) is 0 Å². The first kappa shape index (κ1) is 11.7. The third-order valence-electron chi connectivity index (χ3n) is 3.25. The van der Waals surface area contributed by atoms with E-state index >= 15 is 0 Å². The minimum atomic E-state index is 0.760. The number of benzene rings is 1. The van der Waals surface area contributed by atoms with Crippen LogP contribution in [0.1, 0.15) is 19.7 Å². The van der Waals surface area contributed by atoms with E-state index in [1.165, 1.54) is 0 Å². The molecule has 1 aromatic carbocycles. The quantitative estimate of drug-likeness (QED) is 0.744. The average molecular weight is 249 g/mol. The van der Waals surface area contributed by atoms with Crippen LogP contribution in [-0.2, 0) is 0 Å². The maximum atomic E-state index is 4.48. The maximum Gasteiger partial charge on any atom is 0.178 e. The molecule has 19 heavy (non-hydrogen) atoms. The van der Waals surface area contributed by atoms with Crippen LogP contribution in [0.15, 0.2) is 48.7 Å². The zero-order valence-corrected chi connectivity index (χ0v) is 11.0. The van der Waals surface area contributed by atoms with Crippen molar-refractivity contribution in [3.05, 3.63) is 54.5 Å². The number of allylic oxidation sites excluding steroid dienone is 2. The Morgan fingerprint density at radius 1 is 1.16 bits per heavy atom. The summed E-state index contributed by atoms with van der Waals surface area (Å²) in [6.45, 7) is 4.04. The molecule has 0 saturated heterocycles. The van der Waals surface area contributed by atoms with E-state index in [1.807, 2.05) is 44.3 Å². The lowest BCUT2D eigenvalue weighted by Crippen LogP contribution is -1.81. The van der Waals surface area contributed by atoms with Gasteiger partial charge in [0.1, 0.15) is 5.82 Å². The summed E-state index contributed by atoms with van der Waals surface area (Å²) in [5, 5.41) is 0.